The van der Waals surface area contributed by atoms with Gasteiger partial charge in [0, 0.05) is 43.7 Å². The van der Waals surface area contributed by atoms with Crippen LogP contribution in [0.4, 0.5) is 0 Å². The summed E-state index contributed by atoms with van der Waals surface area (Å²) < 4.78 is 5.40. The summed E-state index contributed by atoms with van der Waals surface area (Å²) in [7, 11) is 3.27. The minimum atomic E-state index is -0.677. The van der Waals surface area contributed by atoms with Crippen molar-refractivity contribution in [3.63, 3.8) is 0 Å². The number of rotatable bonds is 7. The van der Waals surface area contributed by atoms with Crippen LogP contribution in [0.5, 0.6) is 5.75 Å². The second-order valence-electron chi connectivity index (χ2n) is 8.49. The molecule has 3 aromatic rings. The van der Waals surface area contributed by atoms with Crippen molar-refractivity contribution in [2.45, 2.75) is 19.3 Å². The molecule has 0 saturated carbocycles. The second kappa shape index (κ2) is 9.86. The fourth-order valence-corrected chi connectivity index (χ4v) is 4.73. The summed E-state index contributed by atoms with van der Waals surface area (Å²) in [6.07, 6.45) is 5.01. The third kappa shape index (κ3) is 4.75. The van der Waals surface area contributed by atoms with Gasteiger partial charge in [0.25, 0.3) is 0 Å². The standard InChI is InChI=1S/C27H29N3O3/c1-28-26(32)27(17-21-9-3-5-11-23(21)22-10-7-14-29-18-22)13-15-30(19-27)25(31)16-20-8-4-6-12-24(20)33-2/h3-12,14,18H,13,15-17,19H2,1-2H3,(H,28,32)/t27-/m1/s1. The Morgan fingerprint density at radius 2 is 1.82 bits per heavy atom. The van der Waals surface area contributed by atoms with E-state index in [9.17, 15) is 9.59 Å². The molecular weight excluding hydrogens is 414 g/mol. The number of para-hydroxylation sites is 1. The average molecular weight is 444 g/mol. The Morgan fingerprint density at radius 3 is 2.55 bits per heavy atom. The number of benzene rings is 2. The van der Waals surface area contributed by atoms with Crippen molar-refractivity contribution in [2.24, 2.45) is 5.41 Å². The van der Waals surface area contributed by atoms with Gasteiger partial charge in [-0.05, 0) is 36.1 Å². The Morgan fingerprint density at radius 1 is 1.06 bits per heavy atom. The number of nitrogens with one attached hydrogen (secondary N) is 1. The van der Waals surface area contributed by atoms with Gasteiger partial charge in [0.1, 0.15) is 5.75 Å². The van der Waals surface area contributed by atoms with E-state index in [1.165, 1.54) is 0 Å². The van der Waals surface area contributed by atoms with E-state index in [0.717, 1.165) is 22.3 Å². The molecule has 1 aliphatic heterocycles. The quantitative estimate of drug-likeness (QED) is 0.607. The van der Waals surface area contributed by atoms with Crippen molar-refractivity contribution in [2.75, 3.05) is 27.2 Å². The monoisotopic (exact) mass is 443 g/mol. The fraction of sp³-hybridized carbons (Fsp3) is 0.296. The van der Waals surface area contributed by atoms with Crippen molar-refractivity contribution in [1.82, 2.24) is 15.2 Å². The maximum Gasteiger partial charge on any atom is 0.228 e. The third-order valence-corrected chi connectivity index (χ3v) is 6.47. The molecule has 0 aliphatic carbocycles. The summed E-state index contributed by atoms with van der Waals surface area (Å²) in [6.45, 7) is 0.943. The number of carbonyl (C=O) groups excluding carboxylic acids is 2. The van der Waals surface area contributed by atoms with Crippen LogP contribution in [0.15, 0.2) is 73.1 Å². The lowest BCUT2D eigenvalue weighted by molar-refractivity contribution is -0.132. The van der Waals surface area contributed by atoms with Crippen LogP contribution >= 0.6 is 0 Å². The molecule has 6 nitrogen and oxygen atoms in total. The molecule has 1 fully saturated rings. The Bertz CT molecular complexity index is 1130. The minimum absolute atomic E-state index is 0.00539. The van der Waals surface area contributed by atoms with Crippen LogP contribution < -0.4 is 10.1 Å². The Labute approximate surface area is 194 Å². The summed E-state index contributed by atoms with van der Waals surface area (Å²) in [5, 5.41) is 2.85. The normalized spacial score (nSPS) is 17.6. The highest BCUT2D eigenvalue weighted by molar-refractivity contribution is 5.86. The van der Waals surface area contributed by atoms with Gasteiger partial charge in [0.05, 0.1) is 18.9 Å². The molecule has 0 unspecified atom stereocenters. The molecule has 2 heterocycles. The lowest BCUT2D eigenvalue weighted by Gasteiger charge is -2.28. The number of pyridine rings is 1. The molecule has 1 aromatic heterocycles. The molecule has 0 bridgehead atoms. The van der Waals surface area contributed by atoms with E-state index < -0.39 is 5.41 Å². The first-order valence-corrected chi connectivity index (χ1v) is 11.2. The van der Waals surface area contributed by atoms with Gasteiger partial charge >= 0.3 is 0 Å². The molecular formula is C27H29N3O3. The predicted octanol–water partition coefficient (Wildman–Crippen LogP) is 3.51. The van der Waals surface area contributed by atoms with Gasteiger partial charge in [0.15, 0.2) is 0 Å². The van der Waals surface area contributed by atoms with Gasteiger partial charge in [-0.3, -0.25) is 14.6 Å². The van der Waals surface area contributed by atoms with Crippen LogP contribution in [-0.4, -0.2) is 48.9 Å². The molecule has 0 spiro atoms. The maximum absolute atomic E-state index is 13.2. The van der Waals surface area contributed by atoms with E-state index in [1.54, 1.807) is 20.4 Å². The van der Waals surface area contributed by atoms with Crippen LogP contribution in [0.2, 0.25) is 0 Å². The third-order valence-electron chi connectivity index (χ3n) is 6.47. The summed E-state index contributed by atoms with van der Waals surface area (Å²) in [4.78, 5) is 32.3. The molecule has 1 saturated heterocycles. The molecule has 33 heavy (non-hydrogen) atoms. The predicted molar refractivity (Wildman–Crippen MR) is 128 cm³/mol. The molecule has 1 aliphatic rings. The van der Waals surface area contributed by atoms with Crippen LogP contribution in [0.1, 0.15) is 17.5 Å². The van der Waals surface area contributed by atoms with E-state index in [0.29, 0.717) is 31.7 Å². The van der Waals surface area contributed by atoms with Crippen LogP contribution in [0.3, 0.4) is 0 Å². The number of hydrogen-bond acceptors (Lipinski definition) is 4. The Balaban J connectivity index is 1.58. The number of likely N-dealkylation sites (tertiary alicyclic amines) is 1. The van der Waals surface area contributed by atoms with Crippen LogP contribution in [0.25, 0.3) is 11.1 Å². The van der Waals surface area contributed by atoms with E-state index >= 15 is 0 Å². The highest BCUT2D eigenvalue weighted by Crippen LogP contribution is 2.38. The lowest BCUT2D eigenvalue weighted by Crippen LogP contribution is -2.44. The summed E-state index contributed by atoms with van der Waals surface area (Å²) >= 11 is 0. The first kappa shape index (κ1) is 22.5. The smallest absolute Gasteiger partial charge is 0.228 e. The molecule has 1 atom stereocenters. The van der Waals surface area contributed by atoms with Gasteiger partial charge in [-0.25, -0.2) is 0 Å². The first-order valence-electron chi connectivity index (χ1n) is 11.2. The number of amides is 2. The molecule has 4 rings (SSSR count). The van der Waals surface area contributed by atoms with Crippen molar-refractivity contribution < 1.29 is 14.3 Å². The summed E-state index contributed by atoms with van der Waals surface area (Å²) in [5.74, 6) is 0.676. The van der Waals surface area contributed by atoms with E-state index in [4.69, 9.17) is 4.74 Å². The van der Waals surface area contributed by atoms with Crippen LogP contribution in [-0.2, 0) is 22.4 Å². The SMILES string of the molecule is CNC(=O)[C@@]1(Cc2ccccc2-c2cccnc2)CCN(C(=O)Cc2ccccc2OC)C1. The highest BCUT2D eigenvalue weighted by Gasteiger charge is 2.45. The summed E-state index contributed by atoms with van der Waals surface area (Å²) in [6, 6.07) is 19.6. The number of carbonyl (C=O) groups is 2. The van der Waals surface area contributed by atoms with E-state index in [-0.39, 0.29) is 18.2 Å². The summed E-state index contributed by atoms with van der Waals surface area (Å²) in [5.41, 5.74) is 3.33. The van der Waals surface area contributed by atoms with Crippen molar-refractivity contribution >= 4 is 11.8 Å². The fourth-order valence-electron chi connectivity index (χ4n) is 4.73. The molecule has 2 aromatic carbocycles. The zero-order valence-electron chi connectivity index (χ0n) is 19.1. The van der Waals surface area contributed by atoms with Crippen molar-refractivity contribution in [3.05, 3.63) is 84.2 Å². The van der Waals surface area contributed by atoms with Gasteiger partial charge < -0.3 is 15.0 Å². The molecule has 0 radical (unpaired) electrons. The first-order chi connectivity index (χ1) is 16.1. The van der Waals surface area contributed by atoms with Crippen molar-refractivity contribution in [1.29, 1.82) is 0 Å². The number of ether oxygens (including phenoxy) is 1. The van der Waals surface area contributed by atoms with Gasteiger partial charge in [-0.15, -0.1) is 0 Å². The second-order valence-corrected chi connectivity index (χ2v) is 8.49. The molecule has 1 N–H and O–H groups in total. The Hall–Kier alpha value is -3.67. The Kier molecular flexibility index (Phi) is 6.73. The van der Waals surface area contributed by atoms with Crippen LogP contribution in [0, 0.1) is 5.41 Å². The van der Waals surface area contributed by atoms with E-state index in [1.807, 2.05) is 59.6 Å². The largest absolute Gasteiger partial charge is 0.496 e. The van der Waals surface area contributed by atoms with E-state index in [2.05, 4.69) is 22.4 Å². The number of hydrogen-bond donors (Lipinski definition) is 1. The number of aromatic nitrogens is 1. The zero-order valence-corrected chi connectivity index (χ0v) is 19.1. The molecule has 170 valence electrons. The molecule has 2 amide bonds. The molecule has 6 heteroatoms. The maximum atomic E-state index is 13.2. The minimum Gasteiger partial charge on any atom is -0.496 e. The average Bonchev–Trinajstić information content (AvgIpc) is 3.30. The van der Waals surface area contributed by atoms with Gasteiger partial charge in [-0.1, -0.05) is 48.5 Å². The topological polar surface area (TPSA) is 71.5 Å². The zero-order chi connectivity index (χ0) is 23.3. The van der Waals surface area contributed by atoms with Gasteiger partial charge in [-0.2, -0.15) is 0 Å². The van der Waals surface area contributed by atoms with Crippen molar-refractivity contribution in [3.8, 4) is 16.9 Å². The highest BCUT2D eigenvalue weighted by atomic mass is 16.5. The number of methoxy groups -OCH3 is 1. The number of nitrogens with zero attached hydrogens (tertiary/aromatic N) is 2. The lowest BCUT2D eigenvalue weighted by atomic mass is 9.78. The van der Waals surface area contributed by atoms with Gasteiger partial charge in [0.2, 0.25) is 11.8 Å².